The molecule has 32 heavy (non-hydrogen) atoms. The lowest BCUT2D eigenvalue weighted by atomic mass is 10.1. The van der Waals surface area contributed by atoms with Crippen molar-refractivity contribution in [3.05, 3.63) is 46.9 Å². The van der Waals surface area contributed by atoms with Crippen LogP contribution in [0.3, 0.4) is 0 Å². The Morgan fingerprint density at radius 3 is 2.44 bits per heavy atom. The third-order valence-electron chi connectivity index (χ3n) is 5.22. The van der Waals surface area contributed by atoms with E-state index in [0.29, 0.717) is 32.0 Å². The van der Waals surface area contributed by atoms with Crippen molar-refractivity contribution >= 4 is 38.7 Å². The number of carbonyl (C=O) groups is 1. The quantitative estimate of drug-likeness (QED) is 0.498. The van der Waals surface area contributed by atoms with Crippen molar-refractivity contribution in [3.63, 3.8) is 0 Å². The Balaban J connectivity index is 1.68. The van der Waals surface area contributed by atoms with E-state index in [-0.39, 0.29) is 6.09 Å². The van der Waals surface area contributed by atoms with Crippen LogP contribution in [0.4, 0.5) is 10.6 Å². The van der Waals surface area contributed by atoms with Crippen LogP contribution < -0.4 is 9.64 Å². The predicted octanol–water partition coefficient (Wildman–Crippen LogP) is 5.13. The van der Waals surface area contributed by atoms with E-state index >= 15 is 0 Å². The van der Waals surface area contributed by atoms with Gasteiger partial charge < -0.3 is 19.3 Å². The van der Waals surface area contributed by atoms with Gasteiger partial charge in [-0.2, -0.15) is 0 Å². The molecule has 2 aromatic carbocycles. The Morgan fingerprint density at radius 1 is 1.03 bits per heavy atom. The van der Waals surface area contributed by atoms with Gasteiger partial charge in [-0.25, -0.2) is 14.8 Å². The van der Waals surface area contributed by atoms with Crippen LogP contribution >= 0.6 is 15.9 Å². The first-order chi connectivity index (χ1) is 15.2. The molecule has 0 bridgehead atoms. The molecule has 1 fully saturated rings. The van der Waals surface area contributed by atoms with Crippen LogP contribution in [0.25, 0.3) is 22.3 Å². The summed E-state index contributed by atoms with van der Waals surface area (Å²) in [4.78, 5) is 26.2. The van der Waals surface area contributed by atoms with Crippen molar-refractivity contribution in [2.24, 2.45) is 0 Å². The average Bonchev–Trinajstić information content (AvgIpc) is 2.77. The molecule has 8 heteroatoms. The molecule has 0 atom stereocenters. The van der Waals surface area contributed by atoms with Crippen LogP contribution in [0.5, 0.6) is 5.75 Å². The monoisotopic (exact) mass is 498 g/mol. The van der Waals surface area contributed by atoms with Crippen molar-refractivity contribution in [2.45, 2.75) is 26.4 Å². The zero-order valence-corrected chi connectivity index (χ0v) is 20.3. The number of aromatic nitrogens is 2. The topological polar surface area (TPSA) is 67.8 Å². The maximum absolute atomic E-state index is 12.5. The molecular formula is C24H27BrN4O3. The molecule has 2 heterocycles. The smallest absolute Gasteiger partial charge is 0.410 e. The van der Waals surface area contributed by atoms with Gasteiger partial charge in [-0.3, -0.25) is 0 Å². The number of amides is 1. The zero-order valence-electron chi connectivity index (χ0n) is 18.8. The molecule has 168 valence electrons. The maximum atomic E-state index is 12.5. The second kappa shape index (κ2) is 8.94. The fraction of sp³-hybridized carbons (Fsp3) is 0.375. The van der Waals surface area contributed by atoms with Crippen molar-refractivity contribution in [1.29, 1.82) is 0 Å². The van der Waals surface area contributed by atoms with Gasteiger partial charge in [-0.15, -0.1) is 0 Å². The highest BCUT2D eigenvalue weighted by atomic mass is 79.9. The Labute approximate surface area is 196 Å². The Kier molecular flexibility index (Phi) is 6.24. The molecule has 4 rings (SSSR count). The predicted molar refractivity (Wildman–Crippen MR) is 129 cm³/mol. The van der Waals surface area contributed by atoms with E-state index in [1.807, 2.05) is 63.2 Å². The summed E-state index contributed by atoms with van der Waals surface area (Å²) in [5.74, 6) is 2.19. The molecule has 0 spiro atoms. The van der Waals surface area contributed by atoms with Crippen molar-refractivity contribution in [2.75, 3.05) is 38.2 Å². The Bertz CT molecular complexity index is 1140. The molecule has 0 radical (unpaired) electrons. The summed E-state index contributed by atoms with van der Waals surface area (Å²) >= 11 is 3.57. The number of para-hydroxylation sites is 1. The molecule has 1 saturated heterocycles. The van der Waals surface area contributed by atoms with Gasteiger partial charge in [0, 0.05) is 36.0 Å². The van der Waals surface area contributed by atoms with E-state index in [1.54, 1.807) is 12.0 Å². The highest BCUT2D eigenvalue weighted by Gasteiger charge is 2.27. The van der Waals surface area contributed by atoms with Crippen molar-refractivity contribution in [1.82, 2.24) is 14.9 Å². The van der Waals surface area contributed by atoms with E-state index in [1.165, 1.54) is 0 Å². The number of ether oxygens (including phenoxy) is 2. The zero-order chi connectivity index (χ0) is 22.9. The highest BCUT2D eigenvalue weighted by molar-refractivity contribution is 9.10. The first-order valence-electron chi connectivity index (χ1n) is 10.6. The van der Waals surface area contributed by atoms with E-state index in [9.17, 15) is 4.79 Å². The number of fused-ring (bicyclic) bond motifs is 1. The van der Waals surface area contributed by atoms with Crippen LogP contribution in [0.1, 0.15) is 20.8 Å². The second-order valence-electron chi connectivity index (χ2n) is 8.69. The molecule has 1 aromatic heterocycles. The van der Waals surface area contributed by atoms with Crippen molar-refractivity contribution < 1.29 is 14.3 Å². The summed E-state index contributed by atoms with van der Waals surface area (Å²) in [7, 11) is 1.65. The average molecular weight is 499 g/mol. The molecule has 3 aromatic rings. The maximum Gasteiger partial charge on any atom is 0.410 e. The number of nitrogens with zero attached hydrogens (tertiary/aromatic N) is 4. The first kappa shape index (κ1) is 22.3. The van der Waals surface area contributed by atoms with E-state index in [2.05, 4.69) is 20.8 Å². The number of benzene rings is 2. The number of methoxy groups -OCH3 is 1. The summed E-state index contributed by atoms with van der Waals surface area (Å²) in [6, 6.07) is 13.7. The number of halogens is 1. The fourth-order valence-electron chi connectivity index (χ4n) is 3.70. The molecule has 7 nitrogen and oxygen atoms in total. The SMILES string of the molecule is COc1ccccc1-c1nc(N2CCN(C(=O)OC(C)(C)C)CC2)c2cc(Br)ccc2n1. The van der Waals surface area contributed by atoms with Gasteiger partial charge in [0.25, 0.3) is 0 Å². The van der Waals surface area contributed by atoms with Gasteiger partial charge in [0.1, 0.15) is 17.2 Å². The van der Waals surface area contributed by atoms with Crippen LogP contribution in [-0.2, 0) is 4.74 Å². The summed E-state index contributed by atoms with van der Waals surface area (Å²) in [5, 5.41) is 0.962. The number of piperazine rings is 1. The molecule has 1 aliphatic rings. The van der Waals surface area contributed by atoms with Gasteiger partial charge in [-0.1, -0.05) is 28.1 Å². The minimum atomic E-state index is -0.507. The van der Waals surface area contributed by atoms with Crippen molar-refractivity contribution in [3.8, 4) is 17.1 Å². The van der Waals surface area contributed by atoms with Gasteiger partial charge in [0.2, 0.25) is 0 Å². The molecule has 0 unspecified atom stereocenters. The minimum absolute atomic E-state index is 0.276. The fourth-order valence-corrected chi connectivity index (χ4v) is 4.06. The normalized spacial score (nSPS) is 14.5. The standard InChI is InChI=1S/C24H27BrN4O3/c1-24(2,3)32-23(30)29-13-11-28(12-14-29)22-18-15-16(25)9-10-19(18)26-21(27-22)17-7-5-6-8-20(17)31-4/h5-10,15H,11-14H2,1-4H3. The van der Waals surface area contributed by atoms with Gasteiger partial charge in [0.15, 0.2) is 5.82 Å². The van der Waals surface area contributed by atoms with Gasteiger partial charge in [0.05, 0.1) is 18.2 Å². The number of hydrogen-bond acceptors (Lipinski definition) is 6. The van der Waals surface area contributed by atoms with E-state index in [0.717, 1.165) is 32.5 Å². The first-order valence-corrected chi connectivity index (χ1v) is 11.4. The van der Waals surface area contributed by atoms with Crippen LogP contribution in [0.2, 0.25) is 0 Å². The van der Waals surface area contributed by atoms with Crippen LogP contribution in [0, 0.1) is 0 Å². The lowest BCUT2D eigenvalue weighted by molar-refractivity contribution is 0.0240. The summed E-state index contributed by atoms with van der Waals surface area (Å²) in [6.45, 7) is 8.09. The number of rotatable bonds is 3. The molecular weight excluding hydrogens is 472 g/mol. The van der Waals surface area contributed by atoms with Crippen LogP contribution in [0.15, 0.2) is 46.9 Å². The molecule has 1 aliphatic heterocycles. The highest BCUT2D eigenvalue weighted by Crippen LogP contribution is 2.33. The van der Waals surface area contributed by atoms with Crippen LogP contribution in [-0.4, -0.2) is 59.9 Å². The van der Waals surface area contributed by atoms with E-state index < -0.39 is 5.60 Å². The van der Waals surface area contributed by atoms with Gasteiger partial charge in [-0.05, 0) is 51.1 Å². The number of hydrogen-bond donors (Lipinski definition) is 0. The molecule has 0 saturated carbocycles. The summed E-state index contributed by atoms with van der Waals surface area (Å²) in [6.07, 6.45) is -0.276. The minimum Gasteiger partial charge on any atom is -0.496 e. The lowest BCUT2D eigenvalue weighted by Gasteiger charge is -2.36. The third-order valence-corrected chi connectivity index (χ3v) is 5.71. The van der Waals surface area contributed by atoms with Gasteiger partial charge >= 0.3 is 6.09 Å². The second-order valence-corrected chi connectivity index (χ2v) is 9.60. The lowest BCUT2D eigenvalue weighted by Crippen LogP contribution is -2.50. The molecule has 1 amide bonds. The van der Waals surface area contributed by atoms with E-state index in [4.69, 9.17) is 19.4 Å². The summed E-state index contributed by atoms with van der Waals surface area (Å²) in [5.41, 5.74) is 1.19. The largest absolute Gasteiger partial charge is 0.496 e. The molecule has 0 N–H and O–H groups in total. The number of anilines is 1. The molecule has 0 aliphatic carbocycles. The summed E-state index contributed by atoms with van der Waals surface area (Å²) < 4.78 is 12.0. The third kappa shape index (κ3) is 4.80. The Morgan fingerprint density at radius 2 is 1.75 bits per heavy atom. The number of carbonyl (C=O) groups excluding carboxylic acids is 1. The Hall–Kier alpha value is -2.87.